The first kappa shape index (κ1) is 9.26. The van der Waals surface area contributed by atoms with Crippen LogP contribution in [0.25, 0.3) is 0 Å². The average molecular weight is 167 g/mol. The van der Waals surface area contributed by atoms with Crippen molar-refractivity contribution in [3.05, 3.63) is 17.7 Å². The number of aryl methyl sites for hydroxylation is 1. The first-order valence-corrected chi connectivity index (χ1v) is 4.24. The van der Waals surface area contributed by atoms with Gasteiger partial charge in [-0.05, 0) is 18.9 Å². The van der Waals surface area contributed by atoms with E-state index in [1.165, 1.54) is 0 Å². The van der Waals surface area contributed by atoms with Crippen LogP contribution in [-0.2, 0) is 6.42 Å². The van der Waals surface area contributed by atoms with E-state index in [4.69, 9.17) is 5.73 Å². The molecule has 0 saturated heterocycles. The van der Waals surface area contributed by atoms with Gasteiger partial charge >= 0.3 is 0 Å². The molecule has 0 aromatic carbocycles. The fraction of sp³-hybridized carbons (Fsp3) is 0.667. The summed E-state index contributed by atoms with van der Waals surface area (Å²) in [5.41, 5.74) is 6.87. The summed E-state index contributed by atoms with van der Waals surface area (Å²) in [6.07, 6.45) is 2.76. The molecular formula is C9H17N3. The van der Waals surface area contributed by atoms with Crippen molar-refractivity contribution in [3.8, 4) is 0 Å². The van der Waals surface area contributed by atoms with E-state index in [1.807, 2.05) is 13.1 Å². The minimum atomic E-state index is 0.143. The Balaban J connectivity index is 2.63. The van der Waals surface area contributed by atoms with E-state index in [0.717, 1.165) is 17.9 Å². The molecule has 12 heavy (non-hydrogen) atoms. The van der Waals surface area contributed by atoms with Crippen LogP contribution in [0.1, 0.15) is 25.4 Å². The maximum Gasteiger partial charge on any atom is 0.106 e. The van der Waals surface area contributed by atoms with Crippen molar-refractivity contribution >= 4 is 0 Å². The number of H-pyrrole nitrogens is 1. The maximum atomic E-state index is 5.62. The van der Waals surface area contributed by atoms with Gasteiger partial charge in [-0.3, -0.25) is 0 Å². The van der Waals surface area contributed by atoms with E-state index >= 15 is 0 Å². The van der Waals surface area contributed by atoms with Gasteiger partial charge in [0, 0.05) is 18.3 Å². The Hall–Kier alpha value is -0.830. The summed E-state index contributed by atoms with van der Waals surface area (Å²) in [4.78, 5) is 7.44. The van der Waals surface area contributed by atoms with Gasteiger partial charge in [0.2, 0.25) is 0 Å². The number of rotatable bonds is 3. The van der Waals surface area contributed by atoms with Crippen molar-refractivity contribution in [2.24, 2.45) is 11.1 Å². The van der Waals surface area contributed by atoms with Crippen molar-refractivity contribution in [1.29, 1.82) is 0 Å². The van der Waals surface area contributed by atoms with Crippen molar-refractivity contribution in [2.75, 3.05) is 6.54 Å². The molecule has 1 rings (SSSR count). The first-order valence-electron chi connectivity index (χ1n) is 4.24. The van der Waals surface area contributed by atoms with Crippen LogP contribution in [0.15, 0.2) is 6.20 Å². The summed E-state index contributed by atoms with van der Waals surface area (Å²) in [7, 11) is 0. The highest BCUT2D eigenvalue weighted by atomic mass is 14.9. The minimum Gasteiger partial charge on any atom is -0.346 e. The van der Waals surface area contributed by atoms with Crippen LogP contribution in [0, 0.1) is 12.3 Å². The molecule has 1 heterocycles. The summed E-state index contributed by atoms with van der Waals surface area (Å²) in [5.74, 6) is 1.03. The molecule has 0 spiro atoms. The Morgan fingerprint density at radius 1 is 1.58 bits per heavy atom. The molecule has 3 N–H and O–H groups in total. The van der Waals surface area contributed by atoms with Crippen molar-refractivity contribution in [1.82, 2.24) is 9.97 Å². The summed E-state index contributed by atoms with van der Waals surface area (Å²) in [6.45, 7) is 6.98. The Morgan fingerprint density at radius 3 is 2.67 bits per heavy atom. The highest BCUT2D eigenvalue weighted by Gasteiger charge is 2.17. The smallest absolute Gasteiger partial charge is 0.106 e. The number of aromatic amines is 1. The van der Waals surface area contributed by atoms with Gasteiger partial charge in [-0.1, -0.05) is 13.8 Å². The third-order valence-electron chi connectivity index (χ3n) is 1.95. The fourth-order valence-electron chi connectivity index (χ4n) is 1.08. The molecule has 3 heteroatoms. The number of hydrogen-bond donors (Lipinski definition) is 2. The third-order valence-corrected chi connectivity index (χ3v) is 1.95. The lowest BCUT2D eigenvalue weighted by atomic mass is 9.89. The normalized spacial score (nSPS) is 12.0. The van der Waals surface area contributed by atoms with Gasteiger partial charge in [-0.2, -0.15) is 0 Å². The van der Waals surface area contributed by atoms with Crippen LogP contribution in [0.3, 0.4) is 0 Å². The van der Waals surface area contributed by atoms with Gasteiger partial charge < -0.3 is 10.7 Å². The van der Waals surface area contributed by atoms with E-state index in [-0.39, 0.29) is 5.41 Å². The monoisotopic (exact) mass is 167 g/mol. The zero-order chi connectivity index (χ0) is 9.19. The number of nitrogens with zero attached hydrogens (tertiary/aromatic N) is 1. The molecule has 0 amide bonds. The van der Waals surface area contributed by atoms with Crippen LogP contribution in [0.5, 0.6) is 0 Å². The van der Waals surface area contributed by atoms with E-state index in [2.05, 4.69) is 23.8 Å². The molecule has 0 saturated carbocycles. The zero-order valence-electron chi connectivity index (χ0n) is 8.02. The van der Waals surface area contributed by atoms with Gasteiger partial charge in [0.05, 0.1) is 0 Å². The summed E-state index contributed by atoms with van der Waals surface area (Å²) < 4.78 is 0. The third kappa shape index (κ3) is 2.34. The SMILES string of the molecule is Cc1cnc(CC(C)(C)CN)[nH]1. The van der Waals surface area contributed by atoms with Crippen molar-refractivity contribution < 1.29 is 0 Å². The second-order valence-corrected chi connectivity index (χ2v) is 4.06. The van der Waals surface area contributed by atoms with Gasteiger partial charge in [0.25, 0.3) is 0 Å². The van der Waals surface area contributed by atoms with Crippen LogP contribution in [-0.4, -0.2) is 16.5 Å². The Kier molecular flexibility index (Phi) is 2.52. The Labute approximate surface area is 73.4 Å². The van der Waals surface area contributed by atoms with Crippen LogP contribution < -0.4 is 5.73 Å². The average Bonchev–Trinajstić information content (AvgIpc) is 2.35. The molecule has 0 bridgehead atoms. The predicted octanol–water partition coefficient (Wildman–Crippen LogP) is 1.25. The molecule has 0 radical (unpaired) electrons. The molecule has 0 atom stereocenters. The standard InChI is InChI=1S/C9H17N3/c1-7-5-11-8(12-7)4-9(2,3)6-10/h5H,4,6,10H2,1-3H3,(H,11,12). The number of hydrogen-bond acceptors (Lipinski definition) is 2. The molecule has 68 valence electrons. The molecule has 3 nitrogen and oxygen atoms in total. The van der Waals surface area contributed by atoms with Gasteiger partial charge in [0.1, 0.15) is 5.82 Å². The summed E-state index contributed by atoms with van der Waals surface area (Å²) >= 11 is 0. The number of imidazole rings is 1. The van der Waals surface area contributed by atoms with E-state index < -0.39 is 0 Å². The lowest BCUT2D eigenvalue weighted by molar-refractivity contribution is 0.369. The van der Waals surface area contributed by atoms with E-state index in [1.54, 1.807) is 0 Å². The number of nitrogens with one attached hydrogen (secondary N) is 1. The summed E-state index contributed by atoms with van der Waals surface area (Å²) in [6, 6.07) is 0. The molecule has 0 fully saturated rings. The Morgan fingerprint density at radius 2 is 2.25 bits per heavy atom. The Bertz CT molecular complexity index is 250. The van der Waals surface area contributed by atoms with Crippen molar-refractivity contribution in [3.63, 3.8) is 0 Å². The molecule has 1 aromatic heterocycles. The molecule has 0 unspecified atom stereocenters. The second kappa shape index (κ2) is 3.27. The zero-order valence-corrected chi connectivity index (χ0v) is 8.02. The highest BCUT2D eigenvalue weighted by molar-refractivity contribution is 5.00. The molecular weight excluding hydrogens is 150 g/mol. The van der Waals surface area contributed by atoms with Crippen LogP contribution in [0.4, 0.5) is 0 Å². The van der Waals surface area contributed by atoms with Crippen LogP contribution >= 0.6 is 0 Å². The predicted molar refractivity (Wildman–Crippen MR) is 49.9 cm³/mol. The second-order valence-electron chi connectivity index (χ2n) is 4.06. The maximum absolute atomic E-state index is 5.62. The lowest BCUT2D eigenvalue weighted by Gasteiger charge is -2.20. The fourth-order valence-corrected chi connectivity index (χ4v) is 1.08. The summed E-state index contributed by atoms with van der Waals surface area (Å²) in [5, 5.41) is 0. The minimum absolute atomic E-state index is 0.143. The molecule has 0 aliphatic rings. The van der Waals surface area contributed by atoms with E-state index in [0.29, 0.717) is 6.54 Å². The topological polar surface area (TPSA) is 54.7 Å². The first-order chi connectivity index (χ1) is 5.53. The van der Waals surface area contributed by atoms with Gasteiger partial charge in [-0.15, -0.1) is 0 Å². The van der Waals surface area contributed by atoms with E-state index in [9.17, 15) is 0 Å². The molecule has 0 aliphatic carbocycles. The van der Waals surface area contributed by atoms with Crippen LogP contribution in [0.2, 0.25) is 0 Å². The number of nitrogens with two attached hydrogens (primary N) is 1. The van der Waals surface area contributed by atoms with Gasteiger partial charge in [0.15, 0.2) is 0 Å². The largest absolute Gasteiger partial charge is 0.346 e. The van der Waals surface area contributed by atoms with Crippen molar-refractivity contribution in [2.45, 2.75) is 27.2 Å². The molecule has 1 aromatic rings. The highest BCUT2D eigenvalue weighted by Crippen LogP contribution is 2.17. The lowest BCUT2D eigenvalue weighted by Crippen LogP contribution is -2.26. The van der Waals surface area contributed by atoms with Gasteiger partial charge in [-0.25, -0.2) is 4.98 Å². The number of aromatic nitrogens is 2. The quantitative estimate of drug-likeness (QED) is 0.711. The molecule has 0 aliphatic heterocycles.